The Morgan fingerprint density at radius 2 is 1.97 bits per heavy atom. The van der Waals surface area contributed by atoms with Gasteiger partial charge in [0, 0.05) is 18.3 Å². The first-order valence-corrected chi connectivity index (χ1v) is 9.65. The zero-order valence-electron chi connectivity index (χ0n) is 16.2. The maximum absolute atomic E-state index is 13.4. The summed E-state index contributed by atoms with van der Waals surface area (Å²) in [6, 6.07) is 13.2. The number of carbonyl (C=O) groups is 1. The fourth-order valence-corrected chi connectivity index (χ4v) is 3.88. The van der Waals surface area contributed by atoms with Crippen LogP contribution in [0.5, 0.6) is 0 Å². The fraction of sp³-hybridized carbons (Fsp3) is 0.286. The van der Waals surface area contributed by atoms with Gasteiger partial charge in [0.25, 0.3) is 5.91 Å². The molecular weight excluding hydrogens is 368 g/mol. The molecule has 5 rings (SSSR count). The average Bonchev–Trinajstić information content (AvgIpc) is 3.37. The molecule has 1 aromatic carbocycles. The Kier molecular flexibility index (Phi) is 4.12. The van der Waals surface area contributed by atoms with E-state index in [4.69, 9.17) is 9.51 Å². The van der Waals surface area contributed by atoms with Crippen molar-refractivity contribution in [2.24, 2.45) is 5.92 Å². The van der Waals surface area contributed by atoms with Gasteiger partial charge in [0.05, 0.1) is 18.0 Å². The second-order valence-corrected chi connectivity index (χ2v) is 7.46. The molecule has 1 aliphatic rings. The Labute approximate surface area is 167 Å². The van der Waals surface area contributed by atoms with Crippen molar-refractivity contribution >= 4 is 16.9 Å². The van der Waals surface area contributed by atoms with Gasteiger partial charge in [-0.3, -0.25) is 4.79 Å². The van der Waals surface area contributed by atoms with Crippen LogP contribution in [0, 0.1) is 5.92 Å². The highest BCUT2D eigenvalue weighted by molar-refractivity contribution is 6.02. The molecule has 0 spiro atoms. The predicted octanol–water partition coefficient (Wildman–Crippen LogP) is 3.33. The Morgan fingerprint density at radius 3 is 2.76 bits per heavy atom. The van der Waals surface area contributed by atoms with Crippen LogP contribution < -0.4 is 0 Å². The molecular formula is C21H20N6O2. The van der Waals surface area contributed by atoms with E-state index in [-0.39, 0.29) is 23.6 Å². The lowest BCUT2D eigenvalue weighted by atomic mass is 9.99. The van der Waals surface area contributed by atoms with Crippen molar-refractivity contribution in [2.45, 2.75) is 26.4 Å². The van der Waals surface area contributed by atoms with Crippen molar-refractivity contribution in [1.82, 2.24) is 29.8 Å². The normalized spacial score (nSPS) is 16.4. The summed E-state index contributed by atoms with van der Waals surface area (Å²) in [4.78, 5) is 24.2. The second kappa shape index (κ2) is 6.80. The van der Waals surface area contributed by atoms with E-state index in [9.17, 15) is 4.79 Å². The van der Waals surface area contributed by atoms with E-state index in [0.717, 1.165) is 11.4 Å². The third-order valence-electron chi connectivity index (χ3n) is 5.23. The highest BCUT2D eigenvalue weighted by Crippen LogP contribution is 2.34. The lowest BCUT2D eigenvalue weighted by Crippen LogP contribution is -2.44. The van der Waals surface area contributed by atoms with Crippen LogP contribution in [0.15, 0.2) is 53.2 Å². The average molecular weight is 388 g/mol. The fourth-order valence-electron chi connectivity index (χ4n) is 3.88. The minimum absolute atomic E-state index is 0.151. The summed E-state index contributed by atoms with van der Waals surface area (Å²) >= 11 is 0. The largest absolute Gasteiger partial charge is 0.348 e. The van der Waals surface area contributed by atoms with Crippen molar-refractivity contribution in [3.8, 4) is 11.4 Å². The Morgan fingerprint density at radius 1 is 1.14 bits per heavy atom. The summed E-state index contributed by atoms with van der Waals surface area (Å²) in [7, 11) is 0. The van der Waals surface area contributed by atoms with Gasteiger partial charge in [-0.15, -0.1) is 0 Å². The summed E-state index contributed by atoms with van der Waals surface area (Å²) in [5.74, 6) is 1.64. The van der Waals surface area contributed by atoms with E-state index >= 15 is 0 Å². The quantitative estimate of drug-likeness (QED) is 0.535. The zero-order valence-corrected chi connectivity index (χ0v) is 16.2. The number of benzene rings is 1. The van der Waals surface area contributed by atoms with E-state index in [1.54, 1.807) is 18.3 Å². The molecule has 0 N–H and O–H groups in total. The monoisotopic (exact) mass is 388 g/mol. The summed E-state index contributed by atoms with van der Waals surface area (Å²) < 4.78 is 7.29. The van der Waals surface area contributed by atoms with Crippen molar-refractivity contribution in [3.05, 3.63) is 60.2 Å². The first-order chi connectivity index (χ1) is 14.1. The van der Waals surface area contributed by atoms with Crippen LogP contribution in [0.2, 0.25) is 0 Å². The van der Waals surface area contributed by atoms with Crippen LogP contribution in [0.4, 0.5) is 0 Å². The molecule has 146 valence electrons. The van der Waals surface area contributed by atoms with Gasteiger partial charge in [-0.1, -0.05) is 49.3 Å². The van der Waals surface area contributed by atoms with Crippen molar-refractivity contribution < 1.29 is 9.32 Å². The number of nitrogens with zero attached hydrogens (tertiary/aromatic N) is 6. The van der Waals surface area contributed by atoms with Gasteiger partial charge in [-0.25, -0.2) is 14.6 Å². The van der Waals surface area contributed by atoms with Crippen LogP contribution in [0.3, 0.4) is 0 Å². The molecule has 0 unspecified atom stereocenters. The molecule has 0 radical (unpaired) electrons. The van der Waals surface area contributed by atoms with Crippen LogP contribution in [-0.4, -0.2) is 42.3 Å². The van der Waals surface area contributed by atoms with Crippen molar-refractivity contribution in [3.63, 3.8) is 0 Å². The number of hydrogen-bond donors (Lipinski definition) is 0. The van der Waals surface area contributed by atoms with Gasteiger partial charge < -0.3 is 9.42 Å². The Balaban J connectivity index is 1.54. The first kappa shape index (κ1) is 17.5. The van der Waals surface area contributed by atoms with Crippen LogP contribution in [0.25, 0.3) is 22.4 Å². The minimum atomic E-state index is -0.210. The molecule has 1 atom stereocenters. The highest BCUT2D eigenvalue weighted by atomic mass is 16.5. The lowest BCUT2D eigenvalue weighted by Gasteiger charge is -2.36. The Hall–Kier alpha value is -3.55. The van der Waals surface area contributed by atoms with Crippen molar-refractivity contribution in [1.29, 1.82) is 0 Å². The number of fused-ring (bicyclic) bond motifs is 2. The molecule has 0 saturated heterocycles. The maximum atomic E-state index is 13.4. The number of pyridine rings is 1. The standard InChI is InChI=1S/C21H20N6O2/c1-13(2)16-20-23-18(14-7-4-3-5-8-14)24-27(20)12-11-26(16)21(28)17-15-9-6-10-22-19(15)25-29-17/h3-10,13,16H,11-12H2,1-2H3/t16-/m0/s1. The molecule has 0 bridgehead atoms. The highest BCUT2D eigenvalue weighted by Gasteiger charge is 2.38. The second-order valence-electron chi connectivity index (χ2n) is 7.46. The van der Waals surface area contributed by atoms with Crippen LogP contribution >= 0.6 is 0 Å². The van der Waals surface area contributed by atoms with Gasteiger partial charge in [-0.2, -0.15) is 5.10 Å². The molecule has 4 aromatic rings. The Bertz CT molecular complexity index is 1180. The van der Waals surface area contributed by atoms with Gasteiger partial charge in [0.1, 0.15) is 0 Å². The molecule has 3 aromatic heterocycles. The van der Waals surface area contributed by atoms with E-state index in [1.165, 1.54) is 0 Å². The number of hydrogen-bond acceptors (Lipinski definition) is 6. The zero-order chi connectivity index (χ0) is 20.0. The summed E-state index contributed by atoms with van der Waals surface area (Å²) in [6.45, 7) is 5.26. The molecule has 0 aliphatic carbocycles. The molecule has 8 nitrogen and oxygen atoms in total. The van der Waals surface area contributed by atoms with Gasteiger partial charge in [0.2, 0.25) is 11.4 Å². The van der Waals surface area contributed by atoms with E-state index in [1.807, 2.05) is 39.9 Å². The summed E-state index contributed by atoms with van der Waals surface area (Å²) in [6.07, 6.45) is 1.63. The molecule has 0 saturated carbocycles. The summed E-state index contributed by atoms with van der Waals surface area (Å²) in [5, 5.41) is 9.23. The summed E-state index contributed by atoms with van der Waals surface area (Å²) in [5.41, 5.74) is 1.39. The minimum Gasteiger partial charge on any atom is -0.348 e. The van der Waals surface area contributed by atoms with E-state index in [0.29, 0.717) is 29.9 Å². The topological polar surface area (TPSA) is 89.9 Å². The first-order valence-electron chi connectivity index (χ1n) is 9.65. The number of rotatable bonds is 3. The van der Waals surface area contributed by atoms with E-state index in [2.05, 4.69) is 29.1 Å². The van der Waals surface area contributed by atoms with Gasteiger partial charge in [0.15, 0.2) is 11.6 Å². The number of amides is 1. The maximum Gasteiger partial charge on any atom is 0.293 e. The SMILES string of the molecule is CC(C)[C@H]1c2nc(-c3ccccc3)nn2CCN1C(=O)c1onc2ncccc12. The third-order valence-corrected chi connectivity index (χ3v) is 5.23. The lowest BCUT2D eigenvalue weighted by molar-refractivity contribution is 0.0498. The van der Waals surface area contributed by atoms with Crippen LogP contribution in [-0.2, 0) is 6.54 Å². The van der Waals surface area contributed by atoms with Gasteiger partial charge in [-0.05, 0) is 18.1 Å². The molecule has 1 aliphatic heterocycles. The smallest absolute Gasteiger partial charge is 0.293 e. The van der Waals surface area contributed by atoms with Gasteiger partial charge >= 0.3 is 0 Å². The van der Waals surface area contributed by atoms with Crippen LogP contribution in [0.1, 0.15) is 36.3 Å². The van der Waals surface area contributed by atoms with Crippen molar-refractivity contribution in [2.75, 3.05) is 6.54 Å². The molecule has 4 heterocycles. The number of carbonyl (C=O) groups excluding carboxylic acids is 1. The molecule has 29 heavy (non-hydrogen) atoms. The van der Waals surface area contributed by atoms with E-state index < -0.39 is 0 Å². The number of aromatic nitrogens is 5. The molecule has 8 heteroatoms. The molecule has 1 amide bonds. The molecule has 0 fully saturated rings. The third kappa shape index (κ3) is 2.88. The predicted molar refractivity (Wildman–Crippen MR) is 106 cm³/mol.